The molecule has 0 spiro atoms. The fourth-order valence-corrected chi connectivity index (χ4v) is 4.22. The Balaban J connectivity index is 2.29. The van der Waals surface area contributed by atoms with Crippen LogP contribution in [0.1, 0.15) is 23.8 Å². The fraction of sp³-hybridized carbons (Fsp3) is 0.412. The molecule has 8 heteroatoms. The molecule has 0 atom stereocenters. The molecule has 0 amide bonds. The van der Waals surface area contributed by atoms with Crippen LogP contribution >= 0.6 is 23.1 Å². The molecule has 0 aliphatic rings. The van der Waals surface area contributed by atoms with Crippen LogP contribution in [0.4, 0.5) is 0 Å². The first kappa shape index (κ1) is 19.4. The highest BCUT2D eigenvalue weighted by molar-refractivity contribution is 7.99. The van der Waals surface area contributed by atoms with E-state index in [0.29, 0.717) is 21.9 Å². The fourth-order valence-electron chi connectivity index (χ4n) is 2.28. The molecule has 0 saturated heterocycles. The predicted molar refractivity (Wildman–Crippen MR) is 101 cm³/mol. The minimum atomic E-state index is -0.538. The number of ether oxygens (including phenoxy) is 1. The van der Waals surface area contributed by atoms with Crippen LogP contribution in [0.2, 0.25) is 0 Å². The van der Waals surface area contributed by atoms with Crippen molar-refractivity contribution >= 4 is 45.1 Å². The third kappa shape index (κ3) is 4.38. The van der Waals surface area contributed by atoms with Crippen LogP contribution in [0.3, 0.4) is 0 Å². The Kier molecular flexibility index (Phi) is 6.55. The Labute approximate surface area is 153 Å². The topological polar surface area (TPSA) is 78.3 Å². The first-order chi connectivity index (χ1) is 11.9. The van der Waals surface area contributed by atoms with Crippen LogP contribution in [0.5, 0.6) is 0 Å². The molecule has 2 heterocycles. The van der Waals surface area contributed by atoms with E-state index >= 15 is 0 Å². The van der Waals surface area contributed by atoms with Crippen LogP contribution in [-0.4, -0.2) is 33.7 Å². The number of carbonyl (C=O) groups excluding carboxylic acids is 2. The summed E-state index contributed by atoms with van der Waals surface area (Å²) in [4.78, 5) is 42.3. The van der Waals surface area contributed by atoms with Gasteiger partial charge in [0, 0.05) is 11.4 Å². The predicted octanol–water partition coefficient (Wildman–Crippen LogP) is 2.88. The molecular formula is C17H20N2O4S2. The van der Waals surface area contributed by atoms with Crippen molar-refractivity contribution in [2.45, 2.75) is 38.9 Å². The van der Waals surface area contributed by atoms with E-state index in [4.69, 9.17) is 4.74 Å². The van der Waals surface area contributed by atoms with Gasteiger partial charge in [-0.3, -0.25) is 19.0 Å². The highest BCUT2D eigenvalue weighted by Crippen LogP contribution is 2.28. The zero-order chi connectivity index (χ0) is 18.6. The number of allylic oxidation sites excluding steroid dienone is 1. The lowest BCUT2D eigenvalue weighted by atomic mass is 10.2. The normalized spacial score (nSPS) is 10.8. The van der Waals surface area contributed by atoms with Crippen molar-refractivity contribution in [2.75, 3.05) is 12.4 Å². The number of nitrogens with zero attached hydrogens (tertiary/aromatic N) is 2. The molecule has 2 rings (SSSR count). The maximum absolute atomic E-state index is 12.8. The lowest BCUT2D eigenvalue weighted by Crippen LogP contribution is -2.23. The Bertz CT molecular complexity index is 883. The lowest BCUT2D eigenvalue weighted by molar-refractivity contribution is -0.145. The van der Waals surface area contributed by atoms with Crippen LogP contribution < -0.4 is 5.56 Å². The Morgan fingerprint density at radius 3 is 2.76 bits per heavy atom. The Hall–Kier alpha value is -1.93. The summed E-state index contributed by atoms with van der Waals surface area (Å²) in [7, 11) is 0. The third-order valence-corrected chi connectivity index (χ3v) is 5.71. The molecule has 134 valence electrons. The number of esters is 1. The molecule has 0 aliphatic heterocycles. The molecular weight excluding hydrogens is 360 g/mol. The number of aryl methyl sites for hydroxylation is 2. The number of thiophene rings is 1. The maximum Gasteiger partial charge on any atom is 0.313 e. The van der Waals surface area contributed by atoms with Gasteiger partial charge in [-0.25, -0.2) is 4.98 Å². The lowest BCUT2D eigenvalue weighted by Gasteiger charge is -2.10. The quantitative estimate of drug-likeness (QED) is 0.230. The molecule has 2 aromatic heterocycles. The van der Waals surface area contributed by atoms with Gasteiger partial charge < -0.3 is 4.74 Å². The highest BCUT2D eigenvalue weighted by Gasteiger charge is 2.18. The maximum atomic E-state index is 12.8. The van der Waals surface area contributed by atoms with Crippen molar-refractivity contribution in [2.24, 2.45) is 0 Å². The van der Waals surface area contributed by atoms with Gasteiger partial charge in [0.1, 0.15) is 11.3 Å². The van der Waals surface area contributed by atoms with Gasteiger partial charge in [-0.15, -0.1) is 17.9 Å². The average Bonchev–Trinajstić information content (AvgIpc) is 2.83. The second kappa shape index (κ2) is 8.44. The van der Waals surface area contributed by atoms with Gasteiger partial charge in [0.2, 0.25) is 0 Å². The van der Waals surface area contributed by atoms with E-state index < -0.39 is 5.97 Å². The number of carbonyl (C=O) groups is 2. The Morgan fingerprint density at radius 1 is 1.40 bits per heavy atom. The van der Waals surface area contributed by atoms with Gasteiger partial charge in [-0.1, -0.05) is 17.8 Å². The summed E-state index contributed by atoms with van der Waals surface area (Å²) >= 11 is 2.62. The number of hydrogen-bond acceptors (Lipinski definition) is 7. The molecule has 0 N–H and O–H groups in total. The van der Waals surface area contributed by atoms with E-state index in [9.17, 15) is 14.4 Å². The van der Waals surface area contributed by atoms with Gasteiger partial charge in [0.25, 0.3) is 5.56 Å². The van der Waals surface area contributed by atoms with Crippen molar-refractivity contribution in [1.82, 2.24) is 9.55 Å². The number of rotatable bonds is 8. The number of Topliss-reactive ketones (excluding diaryl/α,β-unsaturated/α-hetero) is 1. The first-order valence-electron chi connectivity index (χ1n) is 7.80. The second-order valence-corrected chi connectivity index (χ2v) is 7.52. The summed E-state index contributed by atoms with van der Waals surface area (Å²) in [5, 5.41) is 1.07. The SMILES string of the molecule is C=CCn1c(SCC(=O)CC(=O)OCC)nc2sc(C)c(C)c2c1=O. The van der Waals surface area contributed by atoms with Gasteiger partial charge in [-0.05, 0) is 26.3 Å². The summed E-state index contributed by atoms with van der Waals surface area (Å²) in [6.45, 7) is 9.78. The smallest absolute Gasteiger partial charge is 0.313 e. The van der Waals surface area contributed by atoms with Crippen molar-refractivity contribution in [1.29, 1.82) is 0 Å². The first-order valence-corrected chi connectivity index (χ1v) is 9.60. The number of fused-ring (bicyclic) bond motifs is 1. The largest absolute Gasteiger partial charge is 0.466 e. The number of ketones is 1. The van der Waals surface area contributed by atoms with Gasteiger partial charge in [-0.2, -0.15) is 0 Å². The molecule has 6 nitrogen and oxygen atoms in total. The van der Waals surface area contributed by atoms with E-state index in [1.54, 1.807) is 13.0 Å². The van der Waals surface area contributed by atoms with Crippen molar-refractivity contribution < 1.29 is 14.3 Å². The molecule has 0 radical (unpaired) electrons. The minimum Gasteiger partial charge on any atom is -0.466 e. The van der Waals surface area contributed by atoms with Gasteiger partial charge in [0.15, 0.2) is 10.9 Å². The molecule has 0 aromatic carbocycles. The van der Waals surface area contributed by atoms with Gasteiger partial charge >= 0.3 is 5.97 Å². The third-order valence-electron chi connectivity index (χ3n) is 3.57. The molecule has 0 fully saturated rings. The van der Waals surface area contributed by atoms with E-state index in [0.717, 1.165) is 22.2 Å². The molecule has 0 unspecified atom stereocenters. The molecule has 0 saturated carbocycles. The van der Waals surface area contributed by atoms with Crippen LogP contribution in [-0.2, 0) is 20.9 Å². The Morgan fingerprint density at radius 2 is 2.12 bits per heavy atom. The summed E-state index contributed by atoms with van der Waals surface area (Å²) in [5.41, 5.74) is 0.803. The summed E-state index contributed by atoms with van der Waals surface area (Å²) in [5.74, 6) is -0.747. The van der Waals surface area contributed by atoms with Crippen molar-refractivity contribution in [3.63, 3.8) is 0 Å². The van der Waals surface area contributed by atoms with Crippen molar-refractivity contribution in [3.8, 4) is 0 Å². The van der Waals surface area contributed by atoms with Crippen LogP contribution in [0.25, 0.3) is 10.2 Å². The average molecular weight is 380 g/mol. The standard InChI is InChI=1S/C17H20N2O4S2/c1-5-7-19-16(22)14-10(3)11(4)25-15(14)18-17(19)24-9-12(20)8-13(21)23-6-2/h5H,1,6-9H2,2-4H3. The molecule has 25 heavy (non-hydrogen) atoms. The second-order valence-electron chi connectivity index (χ2n) is 5.37. The van der Waals surface area contributed by atoms with E-state index in [2.05, 4.69) is 11.6 Å². The van der Waals surface area contributed by atoms with Crippen LogP contribution in [0.15, 0.2) is 22.6 Å². The zero-order valence-electron chi connectivity index (χ0n) is 14.5. The number of hydrogen-bond donors (Lipinski definition) is 0. The molecule has 0 aliphatic carbocycles. The van der Waals surface area contributed by atoms with Gasteiger partial charge in [0.05, 0.1) is 17.7 Å². The van der Waals surface area contributed by atoms with Crippen LogP contribution in [0, 0.1) is 13.8 Å². The van der Waals surface area contributed by atoms with E-state index in [-0.39, 0.29) is 30.1 Å². The van der Waals surface area contributed by atoms with Crippen molar-refractivity contribution in [3.05, 3.63) is 33.4 Å². The monoisotopic (exact) mass is 380 g/mol. The summed E-state index contributed by atoms with van der Waals surface area (Å²) in [6, 6.07) is 0. The summed E-state index contributed by atoms with van der Waals surface area (Å²) < 4.78 is 6.28. The van der Waals surface area contributed by atoms with E-state index in [1.807, 2.05) is 13.8 Å². The highest BCUT2D eigenvalue weighted by atomic mass is 32.2. The number of aromatic nitrogens is 2. The molecule has 2 aromatic rings. The van der Waals surface area contributed by atoms with E-state index in [1.165, 1.54) is 15.9 Å². The molecule has 0 bridgehead atoms. The number of thioether (sulfide) groups is 1. The zero-order valence-corrected chi connectivity index (χ0v) is 16.1. The minimum absolute atomic E-state index is 0.0528. The summed E-state index contributed by atoms with van der Waals surface area (Å²) in [6.07, 6.45) is 1.35.